The van der Waals surface area contributed by atoms with Gasteiger partial charge in [-0.3, -0.25) is 14.4 Å². The monoisotopic (exact) mass is 652 g/mol. The summed E-state index contributed by atoms with van der Waals surface area (Å²) in [5, 5.41) is 10.7. The minimum atomic E-state index is -0.948. The molecule has 1 aliphatic rings. The molecule has 1 aliphatic heterocycles. The Hall–Kier alpha value is -2.03. The number of amides is 4. The zero-order chi connectivity index (χ0) is 27.6. The maximum atomic E-state index is 13.2. The van der Waals surface area contributed by atoms with Crippen molar-refractivity contribution in [2.45, 2.75) is 78.6 Å². The molecule has 4 amide bonds. The van der Waals surface area contributed by atoms with E-state index in [2.05, 4.69) is 21.3 Å². The summed E-state index contributed by atoms with van der Waals surface area (Å²) in [6, 6.07) is 6.42. The highest BCUT2D eigenvalue weighted by Crippen LogP contribution is 2.22. The SMILES string of the molecule is CC(C)[C@H](NC(=O)OCc1ccccc1)C(=O)N[C@@H](CC(C)(C)C)C(=O)N[C@H](C=O)C[C@@H]1CCNC1=O.S.S.S.S. The van der Waals surface area contributed by atoms with Crippen LogP contribution in [0.25, 0.3) is 0 Å². The molecule has 1 fully saturated rings. The first-order valence-electron chi connectivity index (χ1n) is 12.7. The molecule has 41 heavy (non-hydrogen) atoms. The number of hydrogen-bond acceptors (Lipinski definition) is 6. The lowest BCUT2D eigenvalue weighted by Crippen LogP contribution is -2.57. The zero-order valence-electron chi connectivity index (χ0n) is 24.3. The van der Waals surface area contributed by atoms with Gasteiger partial charge in [-0.2, -0.15) is 54.0 Å². The number of aldehydes is 1. The molecule has 10 nitrogen and oxygen atoms in total. The number of carbonyl (C=O) groups is 5. The van der Waals surface area contributed by atoms with Crippen molar-refractivity contribution in [2.75, 3.05) is 6.54 Å². The molecule has 236 valence electrons. The van der Waals surface area contributed by atoms with Crippen LogP contribution in [0.4, 0.5) is 4.79 Å². The van der Waals surface area contributed by atoms with Gasteiger partial charge in [0.2, 0.25) is 17.7 Å². The molecule has 2 rings (SSSR count). The van der Waals surface area contributed by atoms with Crippen LogP contribution in [0.15, 0.2) is 30.3 Å². The van der Waals surface area contributed by atoms with Crippen LogP contribution in [-0.2, 0) is 30.5 Å². The van der Waals surface area contributed by atoms with E-state index in [9.17, 15) is 24.0 Å². The van der Waals surface area contributed by atoms with E-state index >= 15 is 0 Å². The second-order valence-electron chi connectivity index (χ2n) is 11.0. The first-order valence-corrected chi connectivity index (χ1v) is 12.7. The minimum Gasteiger partial charge on any atom is -0.445 e. The highest BCUT2D eigenvalue weighted by Gasteiger charge is 2.33. The lowest BCUT2D eigenvalue weighted by Gasteiger charge is -2.29. The maximum absolute atomic E-state index is 13.2. The molecule has 1 aromatic carbocycles. The molecule has 4 N–H and O–H groups in total. The first kappa shape index (κ1) is 43.4. The second kappa shape index (κ2) is 20.8. The molecule has 0 saturated carbocycles. The fourth-order valence-electron chi connectivity index (χ4n) is 4.12. The first-order chi connectivity index (χ1) is 17.4. The van der Waals surface area contributed by atoms with Gasteiger partial charge in [0.25, 0.3) is 0 Å². The number of benzene rings is 1. The van der Waals surface area contributed by atoms with Gasteiger partial charge in [-0.15, -0.1) is 0 Å². The highest BCUT2D eigenvalue weighted by molar-refractivity contribution is 7.59. The molecule has 4 atom stereocenters. The van der Waals surface area contributed by atoms with Gasteiger partial charge >= 0.3 is 6.09 Å². The minimum absolute atomic E-state index is 0. The van der Waals surface area contributed by atoms with Crippen molar-refractivity contribution in [3.63, 3.8) is 0 Å². The van der Waals surface area contributed by atoms with Crippen molar-refractivity contribution < 1.29 is 28.7 Å². The second-order valence-corrected chi connectivity index (χ2v) is 11.0. The fraction of sp³-hybridized carbons (Fsp3) is 0.593. The molecule has 0 unspecified atom stereocenters. The Morgan fingerprint density at radius 2 is 1.61 bits per heavy atom. The lowest BCUT2D eigenvalue weighted by molar-refractivity contribution is -0.132. The maximum Gasteiger partial charge on any atom is 0.408 e. The largest absolute Gasteiger partial charge is 0.445 e. The summed E-state index contributed by atoms with van der Waals surface area (Å²) in [6.45, 7) is 9.94. The average molecular weight is 653 g/mol. The smallest absolute Gasteiger partial charge is 0.408 e. The zero-order valence-corrected chi connectivity index (χ0v) is 28.3. The predicted molar refractivity (Wildman–Crippen MR) is 180 cm³/mol. The van der Waals surface area contributed by atoms with Gasteiger partial charge in [-0.25, -0.2) is 4.79 Å². The number of hydrogen-bond donors (Lipinski definition) is 4. The molecule has 14 heteroatoms. The van der Waals surface area contributed by atoms with Gasteiger partial charge < -0.3 is 30.8 Å². The Balaban J connectivity index is -0.00000361. The average Bonchev–Trinajstić information content (AvgIpc) is 3.23. The molecular weight excluding hydrogens is 605 g/mol. The van der Waals surface area contributed by atoms with Crippen molar-refractivity contribution >= 4 is 84.1 Å². The Morgan fingerprint density at radius 1 is 1.00 bits per heavy atom. The van der Waals surface area contributed by atoms with Crippen LogP contribution in [0, 0.1) is 17.3 Å². The van der Waals surface area contributed by atoms with Crippen molar-refractivity contribution in [1.29, 1.82) is 0 Å². The van der Waals surface area contributed by atoms with Gasteiger partial charge in [0, 0.05) is 12.5 Å². The van der Waals surface area contributed by atoms with E-state index in [-0.39, 0.29) is 90.2 Å². The van der Waals surface area contributed by atoms with Gasteiger partial charge in [0.1, 0.15) is 25.0 Å². The van der Waals surface area contributed by atoms with Crippen LogP contribution in [0.2, 0.25) is 0 Å². The molecule has 0 aromatic heterocycles. The predicted octanol–water partition coefficient (Wildman–Crippen LogP) is 2.52. The number of rotatable bonds is 12. The summed E-state index contributed by atoms with van der Waals surface area (Å²) in [4.78, 5) is 62.3. The van der Waals surface area contributed by atoms with E-state index < -0.39 is 36.0 Å². The van der Waals surface area contributed by atoms with E-state index in [1.807, 2.05) is 51.1 Å². The molecule has 1 saturated heterocycles. The summed E-state index contributed by atoms with van der Waals surface area (Å²) >= 11 is 0. The van der Waals surface area contributed by atoms with E-state index in [0.717, 1.165) is 5.56 Å². The van der Waals surface area contributed by atoms with E-state index in [0.29, 0.717) is 25.7 Å². The fourth-order valence-corrected chi connectivity index (χ4v) is 4.12. The standard InChI is InChI=1S/C27H40N4O6.4H2S/c1-17(2)22(31-26(36)37-16-18-9-7-6-8-10-18)25(35)30-21(14-27(3,4)5)24(34)29-20(15-32)13-19-11-12-28-23(19)33;;;;/h6-10,15,17,19-22H,11-14,16H2,1-5H3,(H,28,33)(H,29,34)(H,30,35)(H,31,36);4*1H2/t19-,20-,21-,22-;;;;/m0..../s1. The Labute approximate surface area is 271 Å². The molecule has 1 aromatic rings. The quantitative estimate of drug-likeness (QED) is 0.256. The third kappa shape index (κ3) is 15.7. The summed E-state index contributed by atoms with van der Waals surface area (Å²) < 4.78 is 5.25. The van der Waals surface area contributed by atoms with Crippen molar-refractivity contribution in [1.82, 2.24) is 21.3 Å². The van der Waals surface area contributed by atoms with Crippen LogP contribution < -0.4 is 21.3 Å². The summed E-state index contributed by atoms with van der Waals surface area (Å²) in [5.41, 5.74) is 0.483. The molecule has 0 spiro atoms. The summed E-state index contributed by atoms with van der Waals surface area (Å²) in [7, 11) is 0. The van der Waals surface area contributed by atoms with Gasteiger partial charge in [-0.1, -0.05) is 65.0 Å². The topological polar surface area (TPSA) is 143 Å². The van der Waals surface area contributed by atoms with Crippen LogP contribution >= 0.6 is 54.0 Å². The highest BCUT2D eigenvalue weighted by atomic mass is 32.1. The normalized spacial score (nSPS) is 16.0. The molecular formula is C27H48N4O6S4. The van der Waals surface area contributed by atoms with E-state index in [1.54, 1.807) is 13.8 Å². The van der Waals surface area contributed by atoms with Crippen LogP contribution in [-0.4, -0.2) is 54.8 Å². The molecule has 0 bridgehead atoms. The van der Waals surface area contributed by atoms with Crippen LogP contribution in [0.1, 0.15) is 59.4 Å². The lowest BCUT2D eigenvalue weighted by atomic mass is 9.87. The third-order valence-electron chi connectivity index (χ3n) is 6.08. The van der Waals surface area contributed by atoms with Crippen molar-refractivity contribution in [3.8, 4) is 0 Å². The van der Waals surface area contributed by atoms with E-state index in [1.165, 1.54) is 0 Å². The Bertz CT molecular complexity index is 963. The van der Waals surface area contributed by atoms with Gasteiger partial charge in [0.15, 0.2) is 0 Å². The molecule has 0 aliphatic carbocycles. The Kier molecular flexibility index (Phi) is 22.0. The van der Waals surface area contributed by atoms with Crippen molar-refractivity contribution in [2.24, 2.45) is 17.3 Å². The number of nitrogens with one attached hydrogen (secondary N) is 4. The van der Waals surface area contributed by atoms with E-state index in [4.69, 9.17) is 4.74 Å². The van der Waals surface area contributed by atoms with Gasteiger partial charge in [0.05, 0.1) is 6.04 Å². The third-order valence-corrected chi connectivity index (χ3v) is 6.08. The molecule has 0 radical (unpaired) electrons. The van der Waals surface area contributed by atoms with Gasteiger partial charge in [-0.05, 0) is 36.2 Å². The number of ether oxygens (including phenoxy) is 1. The van der Waals surface area contributed by atoms with Crippen molar-refractivity contribution in [3.05, 3.63) is 35.9 Å². The summed E-state index contributed by atoms with van der Waals surface area (Å²) in [6.07, 6.45) is 0.957. The molecule has 1 heterocycles. The van der Waals surface area contributed by atoms with Crippen LogP contribution in [0.5, 0.6) is 0 Å². The number of carbonyl (C=O) groups excluding carboxylic acids is 5. The summed E-state index contributed by atoms with van der Waals surface area (Å²) in [5.74, 6) is -1.82. The number of alkyl carbamates (subject to hydrolysis) is 1. The van der Waals surface area contributed by atoms with Crippen LogP contribution in [0.3, 0.4) is 0 Å². The Morgan fingerprint density at radius 3 is 2.10 bits per heavy atom.